The Morgan fingerprint density at radius 1 is 1.12 bits per heavy atom. The highest BCUT2D eigenvalue weighted by atomic mass is 16.5. The van der Waals surface area contributed by atoms with E-state index in [4.69, 9.17) is 9.47 Å². The Labute approximate surface area is 154 Å². The van der Waals surface area contributed by atoms with Gasteiger partial charge >= 0.3 is 0 Å². The van der Waals surface area contributed by atoms with Crippen LogP contribution in [0.2, 0.25) is 0 Å². The minimum atomic E-state index is -0.425. The van der Waals surface area contributed by atoms with Gasteiger partial charge in [-0.25, -0.2) is 5.43 Å². The van der Waals surface area contributed by atoms with Gasteiger partial charge in [0.15, 0.2) is 0 Å². The molecule has 0 unspecified atom stereocenters. The molecule has 0 bridgehead atoms. The molecule has 26 heavy (non-hydrogen) atoms. The fraction of sp³-hybridized carbons (Fsp3) is 0.300. The van der Waals surface area contributed by atoms with Gasteiger partial charge in [-0.15, -0.1) is 0 Å². The van der Waals surface area contributed by atoms with Crippen molar-refractivity contribution < 1.29 is 14.3 Å². The molecule has 0 aliphatic carbocycles. The minimum absolute atomic E-state index is 0.224. The maximum Gasteiger partial charge on any atom is 0.262 e. The topological polar surface area (TPSA) is 72.0 Å². The first-order valence-corrected chi connectivity index (χ1v) is 8.34. The number of nitrogens with one attached hydrogen (secondary N) is 2. The van der Waals surface area contributed by atoms with Gasteiger partial charge in [0.1, 0.15) is 17.5 Å². The summed E-state index contributed by atoms with van der Waals surface area (Å²) in [7, 11) is 3.18. The second-order valence-electron chi connectivity index (χ2n) is 5.97. The number of methoxy groups -OCH3 is 2. The van der Waals surface area contributed by atoms with Crippen LogP contribution in [-0.2, 0) is 4.79 Å². The van der Waals surface area contributed by atoms with Crippen LogP contribution < -0.4 is 20.2 Å². The minimum Gasteiger partial charge on any atom is -0.497 e. The highest BCUT2D eigenvalue weighted by molar-refractivity contribution is 6.02. The van der Waals surface area contributed by atoms with Gasteiger partial charge < -0.3 is 14.8 Å². The average Bonchev–Trinajstić information content (AvgIpc) is 2.65. The lowest BCUT2D eigenvalue weighted by Crippen LogP contribution is -2.35. The standard InChI is InChI=1S/C20H25N3O3/c1-13-7-6-8-16(11-13)21-15(3)20(24)23-22-14(2)18-10-9-17(25-4)12-19(18)26-5/h6-12,15,21H,1-5H3,(H,23,24)/t15-/m0/s1. The lowest BCUT2D eigenvalue weighted by atomic mass is 10.1. The van der Waals surface area contributed by atoms with Gasteiger partial charge in [-0.3, -0.25) is 4.79 Å². The van der Waals surface area contributed by atoms with Crippen molar-refractivity contribution in [3.63, 3.8) is 0 Å². The number of rotatable bonds is 7. The Balaban J connectivity index is 2.04. The van der Waals surface area contributed by atoms with E-state index in [-0.39, 0.29) is 5.91 Å². The number of benzene rings is 2. The number of nitrogens with zero attached hydrogens (tertiary/aromatic N) is 1. The zero-order valence-corrected chi connectivity index (χ0v) is 15.8. The van der Waals surface area contributed by atoms with E-state index in [0.717, 1.165) is 16.8 Å². The highest BCUT2D eigenvalue weighted by Crippen LogP contribution is 2.25. The molecule has 2 rings (SSSR count). The third-order valence-electron chi connectivity index (χ3n) is 3.93. The van der Waals surface area contributed by atoms with Crippen LogP contribution in [0.1, 0.15) is 25.0 Å². The summed E-state index contributed by atoms with van der Waals surface area (Å²) in [4.78, 5) is 12.3. The molecule has 1 amide bonds. The molecule has 2 N–H and O–H groups in total. The number of amides is 1. The zero-order chi connectivity index (χ0) is 19.1. The van der Waals surface area contributed by atoms with Crippen molar-refractivity contribution in [1.82, 2.24) is 5.43 Å². The predicted octanol–water partition coefficient (Wildman–Crippen LogP) is 3.35. The monoisotopic (exact) mass is 355 g/mol. The van der Waals surface area contributed by atoms with Crippen molar-refractivity contribution in [2.45, 2.75) is 26.8 Å². The van der Waals surface area contributed by atoms with Gasteiger partial charge in [-0.2, -0.15) is 5.10 Å². The molecule has 6 heteroatoms. The molecular formula is C20H25N3O3. The molecule has 0 spiro atoms. The molecule has 2 aromatic carbocycles. The lowest BCUT2D eigenvalue weighted by Gasteiger charge is -2.14. The zero-order valence-electron chi connectivity index (χ0n) is 15.8. The summed E-state index contributed by atoms with van der Waals surface area (Å²) in [6, 6.07) is 12.9. The average molecular weight is 355 g/mol. The fourth-order valence-corrected chi connectivity index (χ4v) is 2.44. The van der Waals surface area contributed by atoms with Gasteiger partial charge in [-0.05, 0) is 50.6 Å². The Kier molecular flexibility index (Phi) is 6.60. The molecule has 0 saturated carbocycles. The van der Waals surface area contributed by atoms with Crippen LogP contribution in [0.15, 0.2) is 47.6 Å². The van der Waals surface area contributed by atoms with E-state index >= 15 is 0 Å². The van der Waals surface area contributed by atoms with E-state index in [9.17, 15) is 4.79 Å². The maximum atomic E-state index is 12.3. The van der Waals surface area contributed by atoms with E-state index in [1.807, 2.05) is 50.2 Å². The van der Waals surface area contributed by atoms with Crippen molar-refractivity contribution >= 4 is 17.3 Å². The van der Waals surface area contributed by atoms with Crippen LogP contribution in [0.25, 0.3) is 0 Å². The van der Waals surface area contributed by atoms with Crippen molar-refractivity contribution in [3.05, 3.63) is 53.6 Å². The summed E-state index contributed by atoms with van der Waals surface area (Å²) in [6.45, 7) is 5.60. The van der Waals surface area contributed by atoms with Crippen molar-refractivity contribution in [1.29, 1.82) is 0 Å². The molecule has 138 valence electrons. The van der Waals surface area contributed by atoms with Gasteiger partial charge in [-0.1, -0.05) is 12.1 Å². The Hall–Kier alpha value is -3.02. The molecule has 0 aliphatic heterocycles. The summed E-state index contributed by atoms with van der Waals surface area (Å²) in [5.74, 6) is 1.10. The predicted molar refractivity (Wildman–Crippen MR) is 104 cm³/mol. The molecule has 2 aromatic rings. The summed E-state index contributed by atoms with van der Waals surface area (Å²) < 4.78 is 10.6. The maximum absolute atomic E-state index is 12.3. The Bertz CT molecular complexity index is 803. The normalized spacial score (nSPS) is 12.3. The van der Waals surface area contributed by atoms with Crippen molar-refractivity contribution in [2.24, 2.45) is 5.10 Å². The molecule has 0 radical (unpaired) electrons. The Morgan fingerprint density at radius 2 is 1.88 bits per heavy atom. The third-order valence-corrected chi connectivity index (χ3v) is 3.93. The molecule has 1 atom stereocenters. The van der Waals surface area contributed by atoms with Crippen molar-refractivity contribution in [2.75, 3.05) is 19.5 Å². The number of carbonyl (C=O) groups is 1. The number of carbonyl (C=O) groups excluding carboxylic acids is 1. The number of aryl methyl sites for hydroxylation is 1. The summed E-state index contributed by atoms with van der Waals surface area (Å²) >= 11 is 0. The SMILES string of the molecule is COc1ccc(C(C)=NNC(=O)[C@H](C)Nc2cccc(C)c2)c(OC)c1. The number of ether oxygens (including phenoxy) is 2. The first kappa shape index (κ1) is 19.3. The fourth-order valence-electron chi connectivity index (χ4n) is 2.44. The molecule has 0 fully saturated rings. The van der Waals surface area contributed by atoms with Crippen LogP contribution in [0.3, 0.4) is 0 Å². The van der Waals surface area contributed by atoms with Crippen LogP contribution >= 0.6 is 0 Å². The number of anilines is 1. The van der Waals surface area contributed by atoms with Gasteiger partial charge in [0.2, 0.25) is 0 Å². The summed E-state index contributed by atoms with van der Waals surface area (Å²) in [6.07, 6.45) is 0. The second-order valence-corrected chi connectivity index (χ2v) is 5.97. The van der Waals surface area contributed by atoms with E-state index in [1.54, 1.807) is 27.2 Å². The molecule has 0 saturated heterocycles. The van der Waals surface area contributed by atoms with Crippen LogP contribution in [0.4, 0.5) is 5.69 Å². The molecule has 6 nitrogen and oxygen atoms in total. The van der Waals surface area contributed by atoms with Gasteiger partial charge in [0.25, 0.3) is 5.91 Å². The van der Waals surface area contributed by atoms with Crippen LogP contribution in [0.5, 0.6) is 11.5 Å². The first-order chi connectivity index (χ1) is 12.4. The summed E-state index contributed by atoms with van der Waals surface area (Å²) in [5, 5.41) is 7.36. The quantitative estimate of drug-likeness (QED) is 0.590. The van der Waals surface area contributed by atoms with E-state index in [2.05, 4.69) is 15.8 Å². The molecule has 0 aromatic heterocycles. The number of hydrazone groups is 1. The Morgan fingerprint density at radius 3 is 2.54 bits per heavy atom. The van der Waals surface area contributed by atoms with E-state index < -0.39 is 6.04 Å². The third kappa shape index (κ3) is 4.99. The highest BCUT2D eigenvalue weighted by Gasteiger charge is 2.13. The van der Waals surface area contributed by atoms with E-state index in [1.165, 1.54) is 0 Å². The number of hydrogen-bond acceptors (Lipinski definition) is 5. The summed E-state index contributed by atoms with van der Waals surface area (Å²) in [5.41, 5.74) is 6.04. The van der Waals surface area contributed by atoms with E-state index in [0.29, 0.717) is 17.2 Å². The number of hydrogen-bond donors (Lipinski definition) is 2. The molecule has 0 heterocycles. The van der Waals surface area contributed by atoms with Crippen LogP contribution in [0, 0.1) is 6.92 Å². The van der Waals surface area contributed by atoms with Crippen molar-refractivity contribution in [3.8, 4) is 11.5 Å². The van der Waals surface area contributed by atoms with Crippen LogP contribution in [-0.4, -0.2) is 31.9 Å². The first-order valence-electron chi connectivity index (χ1n) is 8.34. The molecule has 0 aliphatic rings. The second kappa shape index (κ2) is 8.89. The smallest absolute Gasteiger partial charge is 0.262 e. The van der Waals surface area contributed by atoms with Gasteiger partial charge in [0, 0.05) is 17.3 Å². The molecular weight excluding hydrogens is 330 g/mol. The largest absolute Gasteiger partial charge is 0.497 e. The van der Waals surface area contributed by atoms with Gasteiger partial charge in [0.05, 0.1) is 19.9 Å². The lowest BCUT2D eigenvalue weighted by molar-refractivity contribution is -0.121.